The molecule has 0 radical (unpaired) electrons. The first-order chi connectivity index (χ1) is 6.86. The molecule has 2 rings (SSSR count). The lowest BCUT2D eigenvalue weighted by atomic mass is 10.2. The van der Waals surface area contributed by atoms with Gasteiger partial charge < -0.3 is 4.98 Å². The molecule has 0 unspecified atom stereocenters. The third kappa shape index (κ3) is 2.46. The minimum Gasteiger partial charge on any atom is -0.342 e. The number of aromatic nitrogens is 2. The highest BCUT2D eigenvalue weighted by atomic mass is 14.9. The van der Waals surface area contributed by atoms with E-state index in [4.69, 9.17) is 0 Å². The molecule has 14 heavy (non-hydrogen) atoms. The zero-order valence-electron chi connectivity index (χ0n) is 8.91. The third-order valence-corrected chi connectivity index (χ3v) is 1.75. The second kappa shape index (κ2) is 5.22. The number of imidazole rings is 1. The molecule has 0 spiro atoms. The van der Waals surface area contributed by atoms with E-state index in [1.165, 1.54) is 0 Å². The van der Waals surface area contributed by atoms with E-state index in [-0.39, 0.29) is 0 Å². The van der Waals surface area contributed by atoms with Crippen LogP contribution in [0, 0.1) is 6.92 Å². The van der Waals surface area contributed by atoms with Crippen molar-refractivity contribution in [2.45, 2.75) is 20.8 Å². The molecule has 0 aliphatic rings. The van der Waals surface area contributed by atoms with Gasteiger partial charge in [0.1, 0.15) is 5.82 Å². The van der Waals surface area contributed by atoms with Crippen molar-refractivity contribution in [3.8, 4) is 11.4 Å². The van der Waals surface area contributed by atoms with Crippen molar-refractivity contribution in [1.82, 2.24) is 9.97 Å². The summed E-state index contributed by atoms with van der Waals surface area (Å²) in [6, 6.07) is 10.1. The van der Waals surface area contributed by atoms with Crippen LogP contribution in [0.5, 0.6) is 0 Å². The van der Waals surface area contributed by atoms with Gasteiger partial charge in [0.25, 0.3) is 0 Å². The summed E-state index contributed by atoms with van der Waals surface area (Å²) in [6.07, 6.45) is 1.84. The number of rotatable bonds is 1. The van der Waals surface area contributed by atoms with Gasteiger partial charge in [-0.2, -0.15) is 0 Å². The number of nitrogens with zero attached hydrogens (tertiary/aromatic N) is 1. The van der Waals surface area contributed by atoms with Gasteiger partial charge in [-0.25, -0.2) is 4.98 Å². The van der Waals surface area contributed by atoms with Crippen molar-refractivity contribution in [3.63, 3.8) is 0 Å². The van der Waals surface area contributed by atoms with E-state index in [1.54, 1.807) is 0 Å². The highest BCUT2D eigenvalue weighted by Gasteiger charge is 1.98. The lowest BCUT2D eigenvalue weighted by Gasteiger charge is -1.93. The molecule has 2 aromatic rings. The molecule has 0 fully saturated rings. The Balaban J connectivity index is 0.000000461. The van der Waals surface area contributed by atoms with Gasteiger partial charge in [0.2, 0.25) is 0 Å². The number of aromatic amines is 1. The van der Waals surface area contributed by atoms with Gasteiger partial charge in [-0.15, -0.1) is 0 Å². The summed E-state index contributed by atoms with van der Waals surface area (Å²) in [4.78, 5) is 7.41. The van der Waals surface area contributed by atoms with Crippen molar-refractivity contribution in [2.75, 3.05) is 0 Å². The van der Waals surface area contributed by atoms with Crippen LogP contribution in [0.3, 0.4) is 0 Å². The fraction of sp³-hybridized carbons (Fsp3) is 0.250. The van der Waals surface area contributed by atoms with Gasteiger partial charge in [-0.1, -0.05) is 44.2 Å². The highest BCUT2D eigenvalue weighted by molar-refractivity contribution is 5.54. The molecule has 0 aliphatic carbocycles. The van der Waals surface area contributed by atoms with Gasteiger partial charge in [-0.3, -0.25) is 0 Å². The molecule has 1 heterocycles. The first kappa shape index (κ1) is 10.5. The predicted molar refractivity (Wildman–Crippen MR) is 60.1 cm³/mol. The normalized spacial score (nSPS) is 9.07. The topological polar surface area (TPSA) is 28.7 Å². The molecule has 0 saturated heterocycles. The summed E-state index contributed by atoms with van der Waals surface area (Å²) in [6.45, 7) is 6.00. The fourth-order valence-electron chi connectivity index (χ4n) is 1.16. The Morgan fingerprint density at radius 3 is 2.21 bits per heavy atom. The van der Waals surface area contributed by atoms with Gasteiger partial charge in [0, 0.05) is 17.5 Å². The molecule has 2 heteroatoms. The fourth-order valence-corrected chi connectivity index (χ4v) is 1.16. The van der Waals surface area contributed by atoms with Gasteiger partial charge in [-0.05, 0) is 6.92 Å². The Bertz CT molecular complexity index is 363. The van der Waals surface area contributed by atoms with Crippen LogP contribution in [-0.2, 0) is 0 Å². The van der Waals surface area contributed by atoms with E-state index in [9.17, 15) is 0 Å². The van der Waals surface area contributed by atoms with Gasteiger partial charge in [0.15, 0.2) is 0 Å². The first-order valence-corrected chi connectivity index (χ1v) is 4.93. The molecule has 0 aliphatic heterocycles. The van der Waals surface area contributed by atoms with Crippen LogP contribution < -0.4 is 0 Å². The molecule has 0 saturated carbocycles. The minimum absolute atomic E-state index is 0.938. The van der Waals surface area contributed by atoms with Gasteiger partial charge >= 0.3 is 0 Å². The molecule has 1 aromatic carbocycles. The van der Waals surface area contributed by atoms with E-state index < -0.39 is 0 Å². The van der Waals surface area contributed by atoms with Crippen LogP contribution >= 0.6 is 0 Å². The molecule has 1 aromatic heterocycles. The number of hydrogen-bond acceptors (Lipinski definition) is 1. The SMILES string of the molecule is CC.Cc1cnc(-c2ccccc2)[nH]1. The van der Waals surface area contributed by atoms with Crippen molar-refractivity contribution in [3.05, 3.63) is 42.2 Å². The zero-order valence-corrected chi connectivity index (χ0v) is 8.91. The number of H-pyrrole nitrogens is 1. The summed E-state index contributed by atoms with van der Waals surface area (Å²) in [5.41, 5.74) is 2.22. The Morgan fingerprint density at radius 1 is 1.07 bits per heavy atom. The van der Waals surface area contributed by atoms with E-state index in [0.29, 0.717) is 0 Å². The van der Waals surface area contributed by atoms with Crippen molar-refractivity contribution < 1.29 is 0 Å². The molecule has 74 valence electrons. The van der Waals surface area contributed by atoms with E-state index >= 15 is 0 Å². The molecule has 0 amide bonds. The van der Waals surface area contributed by atoms with E-state index in [1.807, 2.05) is 57.3 Å². The average Bonchev–Trinajstić information content (AvgIpc) is 2.69. The van der Waals surface area contributed by atoms with Crippen molar-refractivity contribution in [2.24, 2.45) is 0 Å². The summed E-state index contributed by atoms with van der Waals surface area (Å²) in [5, 5.41) is 0. The molecule has 0 bridgehead atoms. The summed E-state index contributed by atoms with van der Waals surface area (Å²) < 4.78 is 0. The lowest BCUT2D eigenvalue weighted by Crippen LogP contribution is -1.78. The van der Waals surface area contributed by atoms with Crippen molar-refractivity contribution in [1.29, 1.82) is 0 Å². The van der Waals surface area contributed by atoms with Crippen LogP contribution in [0.15, 0.2) is 36.5 Å². The second-order valence-electron chi connectivity index (χ2n) is 2.78. The third-order valence-electron chi connectivity index (χ3n) is 1.75. The average molecular weight is 188 g/mol. The molecular formula is C12H16N2. The highest BCUT2D eigenvalue weighted by Crippen LogP contribution is 2.13. The van der Waals surface area contributed by atoms with Crippen LogP contribution in [-0.4, -0.2) is 9.97 Å². The molecule has 2 nitrogen and oxygen atoms in total. The summed E-state index contributed by atoms with van der Waals surface area (Å²) in [5.74, 6) is 0.938. The number of hydrogen-bond donors (Lipinski definition) is 1. The second-order valence-corrected chi connectivity index (χ2v) is 2.78. The summed E-state index contributed by atoms with van der Waals surface area (Å²) in [7, 11) is 0. The maximum atomic E-state index is 4.23. The standard InChI is InChI=1S/C10H10N2.C2H6/c1-8-7-11-10(12-8)9-5-3-2-4-6-9;1-2/h2-7H,1H3,(H,11,12);1-2H3. The van der Waals surface area contributed by atoms with E-state index in [0.717, 1.165) is 17.1 Å². The predicted octanol–water partition coefficient (Wildman–Crippen LogP) is 3.41. The van der Waals surface area contributed by atoms with Gasteiger partial charge in [0.05, 0.1) is 0 Å². The molecule has 0 atom stereocenters. The Labute approximate surface area is 85.0 Å². The smallest absolute Gasteiger partial charge is 0.137 e. The van der Waals surface area contributed by atoms with Crippen LogP contribution in [0.1, 0.15) is 19.5 Å². The maximum absolute atomic E-state index is 4.23. The van der Waals surface area contributed by atoms with Crippen molar-refractivity contribution >= 4 is 0 Å². The Kier molecular flexibility index (Phi) is 3.92. The maximum Gasteiger partial charge on any atom is 0.137 e. The van der Waals surface area contributed by atoms with Crippen LogP contribution in [0.2, 0.25) is 0 Å². The number of benzene rings is 1. The molecular weight excluding hydrogens is 172 g/mol. The minimum atomic E-state index is 0.938. The Hall–Kier alpha value is -1.57. The largest absolute Gasteiger partial charge is 0.342 e. The number of aryl methyl sites for hydroxylation is 1. The van der Waals surface area contributed by atoms with Crippen LogP contribution in [0.4, 0.5) is 0 Å². The van der Waals surface area contributed by atoms with Crippen LogP contribution in [0.25, 0.3) is 11.4 Å². The zero-order chi connectivity index (χ0) is 10.4. The quantitative estimate of drug-likeness (QED) is 0.730. The van der Waals surface area contributed by atoms with E-state index in [2.05, 4.69) is 9.97 Å². The number of nitrogens with one attached hydrogen (secondary N) is 1. The summed E-state index contributed by atoms with van der Waals surface area (Å²) >= 11 is 0. The monoisotopic (exact) mass is 188 g/mol. The first-order valence-electron chi connectivity index (χ1n) is 4.93. The lowest BCUT2D eigenvalue weighted by molar-refractivity contribution is 1.26. The Morgan fingerprint density at radius 2 is 1.71 bits per heavy atom. The molecule has 1 N–H and O–H groups in total.